The van der Waals surface area contributed by atoms with Crippen LogP contribution in [-0.4, -0.2) is 8.41 Å². The summed E-state index contributed by atoms with van der Waals surface area (Å²) in [5, 5.41) is -0.166. The van der Waals surface area contributed by atoms with Crippen molar-refractivity contribution in [2.24, 2.45) is 0 Å². The second kappa shape index (κ2) is 4.51. The van der Waals surface area contributed by atoms with Crippen molar-refractivity contribution in [2.75, 3.05) is 0 Å². The van der Waals surface area contributed by atoms with E-state index in [1.165, 1.54) is 0 Å². The van der Waals surface area contributed by atoms with E-state index in [2.05, 4.69) is 13.8 Å². The summed E-state index contributed by atoms with van der Waals surface area (Å²) in [6, 6.07) is 3.79. The van der Waals surface area contributed by atoms with Gasteiger partial charge in [-0.1, -0.05) is 55.4 Å². The Labute approximate surface area is 112 Å². The van der Waals surface area contributed by atoms with Gasteiger partial charge in [0.2, 0.25) is 0 Å². The summed E-state index contributed by atoms with van der Waals surface area (Å²) in [5.74, 6) is 1.19. The minimum absolute atomic E-state index is 0.303. The van der Waals surface area contributed by atoms with E-state index >= 15 is 4.11 Å². The second-order valence-corrected chi connectivity index (χ2v) is 12.3. The van der Waals surface area contributed by atoms with Crippen LogP contribution in [0.1, 0.15) is 67.1 Å². The molecule has 18 heavy (non-hydrogen) atoms. The van der Waals surface area contributed by atoms with E-state index in [9.17, 15) is 0 Å². The molecule has 0 aliphatic rings. The van der Waals surface area contributed by atoms with Crippen molar-refractivity contribution < 1.29 is 8.52 Å². The first-order valence-electron chi connectivity index (χ1n) is 6.70. The van der Waals surface area contributed by atoms with E-state index in [0.717, 1.165) is 5.76 Å². The molecule has 0 saturated carbocycles. The van der Waals surface area contributed by atoms with E-state index in [1.54, 1.807) is 0 Å². The van der Waals surface area contributed by atoms with Gasteiger partial charge in [-0.25, -0.2) is 0 Å². The SMILES string of the molecule is CC(C)c1ccc([Si](F)(C(C)(C)C)C(C)(C)C)o1. The van der Waals surface area contributed by atoms with E-state index in [4.69, 9.17) is 4.42 Å². The van der Waals surface area contributed by atoms with E-state index in [1.807, 2.05) is 53.7 Å². The van der Waals surface area contributed by atoms with Crippen LogP contribution in [0.25, 0.3) is 0 Å². The van der Waals surface area contributed by atoms with Crippen LogP contribution in [0.5, 0.6) is 0 Å². The van der Waals surface area contributed by atoms with Gasteiger partial charge in [0.05, 0.1) is 0 Å². The van der Waals surface area contributed by atoms with Gasteiger partial charge >= 0.3 is 8.41 Å². The summed E-state index contributed by atoms with van der Waals surface area (Å²) in [6.45, 7) is 16.1. The van der Waals surface area contributed by atoms with Crippen LogP contribution < -0.4 is 5.38 Å². The molecule has 1 aromatic rings. The molecule has 0 bridgehead atoms. The molecule has 0 aromatic carbocycles. The molecule has 0 amide bonds. The lowest BCUT2D eigenvalue weighted by atomic mass is 10.2. The van der Waals surface area contributed by atoms with Gasteiger partial charge in [0, 0.05) is 5.92 Å². The molecular weight excluding hydrogens is 243 g/mol. The van der Waals surface area contributed by atoms with Crippen molar-refractivity contribution in [3.63, 3.8) is 0 Å². The molecule has 0 aliphatic carbocycles. The summed E-state index contributed by atoms with van der Waals surface area (Å²) >= 11 is 0. The first-order valence-corrected chi connectivity index (χ1v) is 8.58. The minimum Gasteiger partial charge on any atom is -0.467 e. The standard InChI is InChI=1S/C15H27FOSi/c1-11(2)12-9-10-13(17-12)18(16,14(3,4)5)15(6,7)8/h9-11H,1-8H3. The molecule has 1 rings (SSSR count). The third kappa shape index (κ3) is 2.42. The number of hydrogen-bond acceptors (Lipinski definition) is 1. The Balaban J connectivity index is 3.36. The Bertz CT molecular complexity index is 393. The molecule has 0 radical (unpaired) electrons. The Morgan fingerprint density at radius 1 is 1.00 bits per heavy atom. The molecule has 0 unspecified atom stereocenters. The van der Waals surface area contributed by atoms with E-state index in [0.29, 0.717) is 11.3 Å². The van der Waals surface area contributed by atoms with Crippen LogP contribution in [0, 0.1) is 0 Å². The fourth-order valence-corrected chi connectivity index (χ4v) is 7.01. The maximum atomic E-state index is 15.9. The molecule has 0 spiro atoms. The van der Waals surface area contributed by atoms with Gasteiger partial charge in [-0.05, 0) is 22.2 Å². The Kier molecular flexibility index (Phi) is 3.88. The van der Waals surface area contributed by atoms with Crippen LogP contribution in [0.4, 0.5) is 4.11 Å². The lowest BCUT2D eigenvalue weighted by molar-refractivity contribution is 0.470. The summed E-state index contributed by atoms with van der Waals surface area (Å²) < 4.78 is 21.7. The highest BCUT2D eigenvalue weighted by molar-refractivity contribution is 6.89. The quantitative estimate of drug-likeness (QED) is 0.536. The fraction of sp³-hybridized carbons (Fsp3) is 0.733. The molecule has 104 valence electrons. The molecule has 0 saturated heterocycles. The van der Waals surface area contributed by atoms with Gasteiger partial charge in [0.15, 0.2) is 0 Å². The normalized spacial score (nSPS) is 14.3. The lowest BCUT2D eigenvalue weighted by Gasteiger charge is -2.42. The largest absolute Gasteiger partial charge is 0.467 e. The highest BCUT2D eigenvalue weighted by Gasteiger charge is 2.59. The Morgan fingerprint density at radius 2 is 1.44 bits per heavy atom. The second-order valence-electron chi connectivity index (χ2n) is 7.52. The molecule has 3 heteroatoms. The van der Waals surface area contributed by atoms with Crippen molar-refractivity contribution in [2.45, 2.75) is 71.4 Å². The predicted molar refractivity (Wildman–Crippen MR) is 78.7 cm³/mol. The third-order valence-corrected chi connectivity index (χ3v) is 8.68. The lowest BCUT2D eigenvalue weighted by Crippen LogP contribution is -2.57. The van der Waals surface area contributed by atoms with Gasteiger partial charge in [0.1, 0.15) is 11.1 Å². The van der Waals surface area contributed by atoms with Crippen molar-refractivity contribution >= 4 is 13.8 Å². The molecule has 1 nitrogen and oxygen atoms in total. The Morgan fingerprint density at radius 3 is 1.72 bits per heavy atom. The summed E-state index contributed by atoms with van der Waals surface area (Å²) in [5.41, 5.74) is 0. The molecule has 1 heterocycles. The average molecular weight is 270 g/mol. The van der Waals surface area contributed by atoms with Crippen molar-refractivity contribution in [1.82, 2.24) is 0 Å². The number of rotatable bonds is 2. The Hall–Kier alpha value is -0.573. The van der Waals surface area contributed by atoms with E-state index < -0.39 is 8.41 Å². The van der Waals surface area contributed by atoms with Crippen molar-refractivity contribution in [1.29, 1.82) is 0 Å². The maximum absolute atomic E-state index is 15.9. The van der Waals surface area contributed by atoms with Gasteiger partial charge in [-0.3, -0.25) is 0 Å². The zero-order valence-electron chi connectivity index (χ0n) is 13.0. The molecule has 0 aliphatic heterocycles. The molecule has 0 N–H and O–H groups in total. The zero-order valence-corrected chi connectivity index (χ0v) is 14.0. The highest BCUT2D eigenvalue weighted by Crippen LogP contribution is 2.51. The summed E-state index contributed by atoms with van der Waals surface area (Å²) in [7, 11) is -3.22. The van der Waals surface area contributed by atoms with Crippen molar-refractivity contribution in [3.8, 4) is 0 Å². The average Bonchev–Trinajstić information content (AvgIpc) is 2.61. The minimum atomic E-state index is -3.22. The van der Waals surface area contributed by atoms with Crippen LogP contribution in [0.15, 0.2) is 16.5 Å². The highest BCUT2D eigenvalue weighted by atomic mass is 28.4. The predicted octanol–water partition coefficient (Wildman–Crippen LogP) is 5.13. The van der Waals surface area contributed by atoms with E-state index in [-0.39, 0.29) is 10.1 Å². The van der Waals surface area contributed by atoms with Gasteiger partial charge in [0.25, 0.3) is 0 Å². The van der Waals surface area contributed by atoms with Gasteiger partial charge < -0.3 is 8.52 Å². The van der Waals surface area contributed by atoms with Crippen LogP contribution in [0.3, 0.4) is 0 Å². The molecule has 0 atom stereocenters. The van der Waals surface area contributed by atoms with Crippen LogP contribution in [0.2, 0.25) is 10.1 Å². The first-order chi connectivity index (χ1) is 7.91. The number of furan rings is 1. The molecule has 0 fully saturated rings. The number of halogens is 1. The first kappa shape index (κ1) is 15.5. The third-order valence-electron chi connectivity index (χ3n) is 3.60. The topological polar surface area (TPSA) is 13.1 Å². The van der Waals surface area contributed by atoms with Gasteiger partial charge in [-0.2, -0.15) is 0 Å². The smallest absolute Gasteiger partial charge is 0.326 e. The van der Waals surface area contributed by atoms with Crippen molar-refractivity contribution in [3.05, 3.63) is 17.9 Å². The maximum Gasteiger partial charge on any atom is 0.326 e. The number of hydrogen-bond donors (Lipinski definition) is 0. The molecule has 1 aromatic heterocycles. The van der Waals surface area contributed by atoms with Gasteiger partial charge in [-0.15, -0.1) is 0 Å². The summed E-state index contributed by atoms with van der Waals surface area (Å²) in [6.07, 6.45) is 0. The molecular formula is C15H27FOSi. The summed E-state index contributed by atoms with van der Waals surface area (Å²) in [4.78, 5) is 0. The fourth-order valence-electron chi connectivity index (χ4n) is 2.71. The zero-order chi connectivity index (χ0) is 14.4. The monoisotopic (exact) mass is 270 g/mol. The van der Waals surface area contributed by atoms with Crippen LogP contribution in [-0.2, 0) is 0 Å². The van der Waals surface area contributed by atoms with Crippen LogP contribution >= 0.6 is 0 Å².